The molecule has 0 spiro atoms. The lowest BCUT2D eigenvalue weighted by Gasteiger charge is -2.14. The Bertz CT molecular complexity index is 1090. The van der Waals surface area contributed by atoms with Crippen LogP contribution in [-0.4, -0.2) is 41.4 Å². The number of benzene rings is 2. The van der Waals surface area contributed by atoms with E-state index in [2.05, 4.69) is 45.1 Å². The van der Waals surface area contributed by atoms with Crippen LogP contribution in [0.1, 0.15) is 6.92 Å². The number of nitrogens with zero attached hydrogens (tertiary/aromatic N) is 3. The van der Waals surface area contributed by atoms with E-state index >= 15 is 0 Å². The van der Waals surface area contributed by atoms with Crippen molar-refractivity contribution in [1.29, 1.82) is 0 Å². The number of hydrogen-bond donors (Lipinski definition) is 1. The predicted octanol–water partition coefficient (Wildman–Crippen LogP) is 4.54. The fraction of sp³-hybridized carbons (Fsp3) is 0.217. The summed E-state index contributed by atoms with van der Waals surface area (Å²) < 4.78 is 12.7. The third kappa shape index (κ3) is 3.79. The average molecular weight is 388 g/mol. The van der Waals surface area contributed by atoms with E-state index in [1.54, 1.807) is 20.5 Å². The average Bonchev–Trinajstić information content (AvgIpc) is 3.15. The molecule has 0 saturated heterocycles. The molecule has 4 rings (SSSR count). The second-order valence-electron chi connectivity index (χ2n) is 6.90. The van der Waals surface area contributed by atoms with Gasteiger partial charge >= 0.3 is 0 Å². The number of fused-ring (bicyclic) bond motifs is 1. The summed E-state index contributed by atoms with van der Waals surface area (Å²) in [7, 11) is 3.36. The van der Waals surface area contributed by atoms with Gasteiger partial charge in [-0.25, -0.2) is 9.97 Å². The van der Waals surface area contributed by atoms with Crippen LogP contribution in [-0.2, 0) is 4.74 Å². The summed E-state index contributed by atoms with van der Waals surface area (Å²) in [4.78, 5) is 9.15. The molecule has 0 aliphatic carbocycles. The lowest BCUT2D eigenvalue weighted by molar-refractivity contribution is 0.190. The Hall–Kier alpha value is -3.38. The van der Waals surface area contributed by atoms with Crippen molar-refractivity contribution in [3.05, 3.63) is 67.1 Å². The van der Waals surface area contributed by atoms with Crippen molar-refractivity contribution in [1.82, 2.24) is 14.5 Å². The largest absolute Gasteiger partial charge is 0.497 e. The fourth-order valence-electron chi connectivity index (χ4n) is 3.47. The smallest absolute Gasteiger partial charge is 0.150 e. The molecule has 0 bridgehead atoms. The number of nitrogens with one attached hydrogen (secondary N) is 1. The van der Waals surface area contributed by atoms with Gasteiger partial charge in [-0.05, 0) is 36.8 Å². The molecular weight excluding hydrogens is 364 g/mol. The zero-order chi connectivity index (χ0) is 20.2. The highest BCUT2D eigenvalue weighted by Gasteiger charge is 2.18. The summed E-state index contributed by atoms with van der Waals surface area (Å²) in [6.07, 6.45) is 3.71. The van der Waals surface area contributed by atoms with Gasteiger partial charge in [0.05, 0.1) is 19.1 Å². The minimum Gasteiger partial charge on any atom is -0.497 e. The van der Waals surface area contributed by atoms with E-state index in [0.29, 0.717) is 6.61 Å². The number of ether oxygens (including phenoxy) is 2. The molecule has 0 fully saturated rings. The molecule has 6 nitrogen and oxygen atoms in total. The Morgan fingerprint density at radius 2 is 1.76 bits per heavy atom. The van der Waals surface area contributed by atoms with Crippen LogP contribution in [0.2, 0.25) is 0 Å². The molecule has 0 aliphatic rings. The molecule has 0 aliphatic heterocycles. The van der Waals surface area contributed by atoms with Crippen molar-refractivity contribution >= 4 is 16.9 Å². The second-order valence-corrected chi connectivity index (χ2v) is 6.90. The molecule has 2 aromatic carbocycles. The first kappa shape index (κ1) is 19.0. The Morgan fingerprint density at radius 3 is 2.45 bits per heavy atom. The Balaban J connectivity index is 1.91. The van der Waals surface area contributed by atoms with Crippen LogP contribution >= 0.6 is 0 Å². The summed E-state index contributed by atoms with van der Waals surface area (Å²) in [5.41, 5.74) is 4.04. The first-order valence-electron chi connectivity index (χ1n) is 9.52. The molecule has 4 aromatic rings. The predicted molar refractivity (Wildman–Crippen MR) is 116 cm³/mol. The minimum atomic E-state index is 0.117. The Kier molecular flexibility index (Phi) is 5.44. The molecule has 0 radical (unpaired) electrons. The SMILES string of the molecule is COC[C@H](C)Nc1ncnc2c1c(-c1ccccc1)cn2-c1ccc(OC)cc1. The Labute approximate surface area is 170 Å². The van der Waals surface area contributed by atoms with Gasteiger partial charge in [0, 0.05) is 30.6 Å². The third-order valence-corrected chi connectivity index (χ3v) is 4.82. The molecule has 0 unspecified atom stereocenters. The molecule has 2 aromatic heterocycles. The Morgan fingerprint density at radius 1 is 1.00 bits per heavy atom. The maximum absolute atomic E-state index is 5.30. The summed E-state index contributed by atoms with van der Waals surface area (Å²) in [5, 5.41) is 4.45. The first-order valence-corrected chi connectivity index (χ1v) is 9.52. The summed E-state index contributed by atoms with van der Waals surface area (Å²) in [6.45, 7) is 2.66. The van der Waals surface area contributed by atoms with Crippen LogP contribution < -0.4 is 10.1 Å². The van der Waals surface area contributed by atoms with Crippen molar-refractivity contribution < 1.29 is 9.47 Å². The fourth-order valence-corrected chi connectivity index (χ4v) is 3.47. The van der Waals surface area contributed by atoms with Gasteiger partial charge in [0.2, 0.25) is 0 Å². The maximum atomic E-state index is 5.30. The first-order chi connectivity index (χ1) is 14.2. The highest BCUT2D eigenvalue weighted by molar-refractivity contribution is 6.02. The molecule has 0 saturated carbocycles. The molecule has 29 heavy (non-hydrogen) atoms. The monoisotopic (exact) mass is 388 g/mol. The molecular formula is C23H24N4O2. The topological polar surface area (TPSA) is 61.2 Å². The van der Waals surface area contributed by atoms with Gasteiger partial charge in [-0.3, -0.25) is 0 Å². The van der Waals surface area contributed by atoms with Crippen LogP contribution in [0.15, 0.2) is 67.1 Å². The van der Waals surface area contributed by atoms with E-state index in [1.807, 2.05) is 42.5 Å². The van der Waals surface area contributed by atoms with Gasteiger partial charge < -0.3 is 19.4 Å². The molecule has 148 valence electrons. The number of anilines is 1. The van der Waals surface area contributed by atoms with E-state index in [-0.39, 0.29) is 6.04 Å². The van der Waals surface area contributed by atoms with Crippen LogP contribution in [0.3, 0.4) is 0 Å². The van der Waals surface area contributed by atoms with Gasteiger partial charge in [-0.2, -0.15) is 0 Å². The van der Waals surface area contributed by atoms with E-state index in [0.717, 1.165) is 39.4 Å². The van der Waals surface area contributed by atoms with E-state index in [9.17, 15) is 0 Å². The van der Waals surface area contributed by atoms with Gasteiger partial charge in [-0.15, -0.1) is 0 Å². The number of aromatic nitrogens is 3. The quantitative estimate of drug-likeness (QED) is 0.503. The van der Waals surface area contributed by atoms with Crippen molar-refractivity contribution in [2.45, 2.75) is 13.0 Å². The molecule has 0 amide bonds. The minimum absolute atomic E-state index is 0.117. The highest BCUT2D eigenvalue weighted by atomic mass is 16.5. The van der Waals surface area contributed by atoms with Crippen molar-refractivity contribution in [3.8, 4) is 22.6 Å². The zero-order valence-electron chi connectivity index (χ0n) is 16.8. The van der Waals surface area contributed by atoms with Crippen LogP contribution in [0.25, 0.3) is 27.8 Å². The summed E-state index contributed by atoms with van der Waals surface area (Å²) >= 11 is 0. The standard InChI is InChI=1S/C23H24N4O2/c1-16(14-28-2)26-22-21-20(17-7-5-4-6-8-17)13-27(23(21)25-15-24-22)18-9-11-19(29-3)12-10-18/h4-13,15-16H,14H2,1-3H3,(H,24,25,26)/t16-/m0/s1. The second kappa shape index (κ2) is 8.32. The zero-order valence-corrected chi connectivity index (χ0v) is 16.8. The van der Waals surface area contributed by atoms with Crippen molar-refractivity contribution in [3.63, 3.8) is 0 Å². The number of rotatable bonds is 7. The van der Waals surface area contributed by atoms with Gasteiger partial charge in [-0.1, -0.05) is 30.3 Å². The van der Waals surface area contributed by atoms with Gasteiger partial charge in [0.1, 0.15) is 17.9 Å². The maximum Gasteiger partial charge on any atom is 0.150 e. The lowest BCUT2D eigenvalue weighted by atomic mass is 10.1. The van der Waals surface area contributed by atoms with Crippen molar-refractivity contribution in [2.24, 2.45) is 0 Å². The molecule has 6 heteroatoms. The molecule has 1 N–H and O–H groups in total. The molecule has 2 heterocycles. The van der Waals surface area contributed by atoms with Crippen LogP contribution in [0.5, 0.6) is 5.75 Å². The van der Waals surface area contributed by atoms with E-state index < -0.39 is 0 Å². The van der Waals surface area contributed by atoms with Gasteiger partial charge in [0.25, 0.3) is 0 Å². The van der Waals surface area contributed by atoms with Crippen molar-refractivity contribution in [2.75, 3.05) is 26.1 Å². The number of methoxy groups -OCH3 is 2. The normalized spacial score (nSPS) is 12.1. The highest BCUT2D eigenvalue weighted by Crippen LogP contribution is 2.35. The summed E-state index contributed by atoms with van der Waals surface area (Å²) in [6, 6.07) is 18.4. The van der Waals surface area contributed by atoms with Crippen LogP contribution in [0, 0.1) is 0 Å². The van der Waals surface area contributed by atoms with E-state index in [1.165, 1.54) is 0 Å². The lowest BCUT2D eigenvalue weighted by Crippen LogP contribution is -2.21. The van der Waals surface area contributed by atoms with Gasteiger partial charge in [0.15, 0.2) is 5.65 Å². The summed E-state index contributed by atoms with van der Waals surface area (Å²) in [5.74, 6) is 1.62. The van der Waals surface area contributed by atoms with E-state index in [4.69, 9.17) is 9.47 Å². The van der Waals surface area contributed by atoms with Crippen LogP contribution in [0.4, 0.5) is 5.82 Å². The third-order valence-electron chi connectivity index (χ3n) is 4.82. The number of hydrogen-bond acceptors (Lipinski definition) is 5. The molecule has 1 atom stereocenters.